The summed E-state index contributed by atoms with van der Waals surface area (Å²) >= 11 is 4.73. The number of phenolic OH excluding ortho intramolecular Hbond substituents is 1. The number of phenols is 1. The summed E-state index contributed by atoms with van der Waals surface area (Å²) in [7, 11) is 0. The summed E-state index contributed by atoms with van der Waals surface area (Å²) in [5.41, 5.74) is 5.00. The Balaban J connectivity index is 1.46. The van der Waals surface area contributed by atoms with Gasteiger partial charge in [-0.25, -0.2) is 5.43 Å². The summed E-state index contributed by atoms with van der Waals surface area (Å²) in [6.07, 6.45) is 1.49. The largest absolute Gasteiger partial charge is 0.504 e. The van der Waals surface area contributed by atoms with E-state index in [1.165, 1.54) is 24.0 Å². The van der Waals surface area contributed by atoms with E-state index in [-0.39, 0.29) is 17.4 Å². The summed E-state index contributed by atoms with van der Waals surface area (Å²) in [5, 5.41) is 23.1. The highest BCUT2D eigenvalue weighted by atomic mass is 79.9. The van der Waals surface area contributed by atoms with Crippen LogP contribution in [0.25, 0.3) is 17.1 Å². The van der Waals surface area contributed by atoms with E-state index in [4.69, 9.17) is 4.74 Å². The van der Waals surface area contributed by atoms with Gasteiger partial charge in [0.25, 0.3) is 5.91 Å². The molecule has 0 fully saturated rings. The summed E-state index contributed by atoms with van der Waals surface area (Å²) in [4.78, 5) is 12.4. The van der Waals surface area contributed by atoms with Crippen LogP contribution < -0.4 is 10.2 Å². The Morgan fingerprint density at radius 3 is 2.66 bits per heavy atom. The van der Waals surface area contributed by atoms with Crippen molar-refractivity contribution < 1.29 is 14.6 Å². The van der Waals surface area contributed by atoms with Gasteiger partial charge in [-0.05, 0) is 55.0 Å². The lowest BCUT2D eigenvalue weighted by Gasteiger charge is -2.10. The number of rotatable bonds is 9. The fourth-order valence-electron chi connectivity index (χ4n) is 3.18. The van der Waals surface area contributed by atoms with Crippen molar-refractivity contribution in [3.63, 3.8) is 0 Å². The van der Waals surface area contributed by atoms with Gasteiger partial charge in [-0.1, -0.05) is 58.0 Å². The molecule has 35 heavy (non-hydrogen) atoms. The van der Waals surface area contributed by atoms with Gasteiger partial charge in [-0.15, -0.1) is 10.2 Å². The van der Waals surface area contributed by atoms with E-state index < -0.39 is 0 Å². The molecule has 10 heteroatoms. The number of aromatic nitrogens is 3. The topological polar surface area (TPSA) is 102 Å². The van der Waals surface area contributed by atoms with Crippen molar-refractivity contribution in [2.75, 3.05) is 12.4 Å². The average Bonchev–Trinajstić information content (AvgIpc) is 3.30. The standard InChI is InChI=1S/C25H22BrN5O3S/c1-2-34-22-14-17(8-13-21(22)32)15-27-28-23(33)16-35-25-30-29-24(18-6-4-3-5-7-18)31(25)20-11-9-19(26)10-12-20/h3-15,32H,2,16H2,1H3,(H,28,33)/b27-15-. The highest BCUT2D eigenvalue weighted by Gasteiger charge is 2.17. The highest BCUT2D eigenvalue weighted by Crippen LogP contribution is 2.29. The van der Waals surface area contributed by atoms with Crippen LogP contribution in [0.4, 0.5) is 0 Å². The number of halogens is 1. The Labute approximate surface area is 215 Å². The number of hydrazone groups is 1. The Kier molecular flexibility index (Phi) is 8.17. The van der Waals surface area contributed by atoms with Crippen LogP contribution in [0.3, 0.4) is 0 Å². The monoisotopic (exact) mass is 551 g/mol. The van der Waals surface area contributed by atoms with Gasteiger partial charge < -0.3 is 9.84 Å². The Hall–Kier alpha value is -3.63. The van der Waals surface area contributed by atoms with Crippen molar-refractivity contribution in [1.29, 1.82) is 0 Å². The molecule has 0 unspecified atom stereocenters. The van der Waals surface area contributed by atoms with Crippen LogP contribution in [0.2, 0.25) is 0 Å². The number of carbonyl (C=O) groups is 1. The molecule has 1 heterocycles. The first-order chi connectivity index (χ1) is 17.0. The number of thioether (sulfide) groups is 1. The van der Waals surface area contributed by atoms with Crippen LogP contribution in [0.1, 0.15) is 12.5 Å². The van der Waals surface area contributed by atoms with Crippen molar-refractivity contribution in [2.24, 2.45) is 5.10 Å². The zero-order valence-corrected chi connectivity index (χ0v) is 21.2. The molecule has 8 nitrogen and oxygen atoms in total. The van der Waals surface area contributed by atoms with E-state index in [0.29, 0.717) is 28.9 Å². The predicted octanol–water partition coefficient (Wildman–Crippen LogP) is 5.04. The molecule has 0 aliphatic rings. The molecule has 0 saturated carbocycles. The van der Waals surface area contributed by atoms with Gasteiger partial charge in [-0.3, -0.25) is 9.36 Å². The minimum Gasteiger partial charge on any atom is -0.504 e. The highest BCUT2D eigenvalue weighted by molar-refractivity contribution is 9.10. The molecule has 1 amide bonds. The lowest BCUT2D eigenvalue weighted by molar-refractivity contribution is -0.118. The van der Waals surface area contributed by atoms with Gasteiger partial charge in [0.15, 0.2) is 22.5 Å². The lowest BCUT2D eigenvalue weighted by atomic mass is 10.2. The number of nitrogens with zero attached hydrogens (tertiary/aromatic N) is 4. The molecular weight excluding hydrogens is 530 g/mol. The third kappa shape index (κ3) is 6.28. The molecule has 0 aliphatic heterocycles. The van der Waals surface area contributed by atoms with E-state index in [2.05, 4.69) is 36.7 Å². The van der Waals surface area contributed by atoms with Gasteiger partial charge >= 0.3 is 0 Å². The second kappa shape index (κ2) is 11.7. The maximum atomic E-state index is 12.4. The normalized spacial score (nSPS) is 11.0. The minimum atomic E-state index is -0.290. The summed E-state index contributed by atoms with van der Waals surface area (Å²) in [6.45, 7) is 2.26. The molecule has 1 aromatic heterocycles. The average molecular weight is 552 g/mol. The Morgan fingerprint density at radius 2 is 1.91 bits per heavy atom. The zero-order valence-electron chi connectivity index (χ0n) is 18.8. The molecule has 4 rings (SSSR count). The maximum absolute atomic E-state index is 12.4. The van der Waals surface area contributed by atoms with E-state index in [9.17, 15) is 9.90 Å². The molecule has 0 radical (unpaired) electrons. The van der Waals surface area contributed by atoms with E-state index >= 15 is 0 Å². The van der Waals surface area contributed by atoms with E-state index in [1.54, 1.807) is 12.1 Å². The molecule has 3 aromatic carbocycles. The minimum absolute atomic E-state index is 0.0502. The van der Waals surface area contributed by atoms with Gasteiger partial charge in [-0.2, -0.15) is 5.10 Å². The molecule has 178 valence electrons. The first-order valence-electron chi connectivity index (χ1n) is 10.7. The molecule has 0 bridgehead atoms. The summed E-state index contributed by atoms with van der Waals surface area (Å²) in [6, 6.07) is 22.4. The number of hydrogen-bond donors (Lipinski definition) is 2. The molecule has 2 N–H and O–H groups in total. The quantitative estimate of drug-likeness (QED) is 0.171. The molecule has 0 aliphatic carbocycles. The number of carbonyl (C=O) groups excluding carboxylic acids is 1. The van der Waals surface area contributed by atoms with Crippen molar-refractivity contribution in [3.05, 3.63) is 82.8 Å². The van der Waals surface area contributed by atoms with Gasteiger partial charge in [0.05, 0.1) is 18.6 Å². The lowest BCUT2D eigenvalue weighted by Crippen LogP contribution is -2.20. The molecule has 0 atom stereocenters. The van der Waals surface area contributed by atoms with Gasteiger partial charge in [0.1, 0.15) is 0 Å². The number of nitrogens with one attached hydrogen (secondary N) is 1. The molecule has 0 spiro atoms. The number of benzene rings is 3. The third-order valence-corrected chi connectivity index (χ3v) is 6.23. The first kappa shape index (κ1) is 24.5. The first-order valence-corrected chi connectivity index (χ1v) is 12.5. The van der Waals surface area contributed by atoms with Crippen molar-refractivity contribution in [3.8, 4) is 28.6 Å². The summed E-state index contributed by atoms with van der Waals surface area (Å²) in [5.74, 6) is 0.905. The predicted molar refractivity (Wildman–Crippen MR) is 140 cm³/mol. The number of ether oxygens (including phenoxy) is 1. The third-order valence-electron chi connectivity index (χ3n) is 4.77. The van der Waals surface area contributed by atoms with Crippen LogP contribution in [-0.4, -0.2) is 44.4 Å². The van der Waals surface area contributed by atoms with Crippen LogP contribution in [-0.2, 0) is 4.79 Å². The van der Waals surface area contributed by atoms with Crippen molar-refractivity contribution >= 4 is 39.8 Å². The molecule has 4 aromatic rings. The maximum Gasteiger partial charge on any atom is 0.250 e. The second-order valence-corrected chi connectivity index (χ2v) is 9.08. The van der Waals surface area contributed by atoms with E-state index in [0.717, 1.165) is 15.7 Å². The second-order valence-electron chi connectivity index (χ2n) is 7.23. The fraction of sp³-hybridized carbons (Fsp3) is 0.120. The molecule has 0 saturated heterocycles. The SMILES string of the molecule is CCOc1cc(/C=N\NC(=O)CSc2nnc(-c3ccccc3)n2-c2ccc(Br)cc2)ccc1O. The van der Waals surface area contributed by atoms with Crippen molar-refractivity contribution in [2.45, 2.75) is 12.1 Å². The Bertz CT molecular complexity index is 1330. The van der Waals surface area contributed by atoms with Crippen molar-refractivity contribution in [1.82, 2.24) is 20.2 Å². The van der Waals surface area contributed by atoms with Crippen LogP contribution in [0, 0.1) is 0 Å². The number of aromatic hydroxyl groups is 1. The number of amides is 1. The fourth-order valence-corrected chi connectivity index (χ4v) is 4.19. The van der Waals surface area contributed by atoms with Crippen LogP contribution >= 0.6 is 27.7 Å². The van der Waals surface area contributed by atoms with Crippen LogP contribution in [0.5, 0.6) is 11.5 Å². The van der Waals surface area contributed by atoms with Crippen LogP contribution in [0.15, 0.2) is 87.5 Å². The van der Waals surface area contributed by atoms with Gasteiger partial charge in [0.2, 0.25) is 0 Å². The number of hydrogen-bond acceptors (Lipinski definition) is 7. The summed E-state index contributed by atoms with van der Waals surface area (Å²) < 4.78 is 8.25. The van der Waals surface area contributed by atoms with Gasteiger partial charge in [0, 0.05) is 15.7 Å². The van der Waals surface area contributed by atoms with E-state index in [1.807, 2.05) is 66.1 Å². The zero-order chi connectivity index (χ0) is 24.6. The Morgan fingerprint density at radius 1 is 1.14 bits per heavy atom. The smallest absolute Gasteiger partial charge is 0.250 e. The molecular formula is C25H22BrN5O3S.